The summed E-state index contributed by atoms with van der Waals surface area (Å²) in [4.78, 5) is 2.67. The molecule has 0 aliphatic carbocycles. The van der Waals surface area contributed by atoms with Gasteiger partial charge in [0, 0.05) is 0 Å². The quantitative estimate of drug-likeness (QED) is 0.765. The van der Waals surface area contributed by atoms with Gasteiger partial charge in [0.05, 0.1) is 5.56 Å². The Kier molecular flexibility index (Phi) is 2.98. The van der Waals surface area contributed by atoms with Crippen LogP contribution >= 0.6 is 0 Å². The zero-order valence-corrected chi connectivity index (χ0v) is 7.39. The van der Waals surface area contributed by atoms with Gasteiger partial charge in [0.1, 0.15) is 6.07 Å². The van der Waals surface area contributed by atoms with E-state index in [0.717, 1.165) is 0 Å². The molecular formula is C8H3F5N2O. The molecule has 0 unspecified atom stereocenters. The topological polar surface area (TPSA) is 56.9 Å². The SMILES string of the molecule is N#Cc1nc(C(F)(F)F)c(C(F)F)cc1O. The van der Waals surface area contributed by atoms with Gasteiger partial charge in [0.2, 0.25) is 0 Å². The van der Waals surface area contributed by atoms with Crippen molar-refractivity contribution >= 4 is 0 Å². The molecular weight excluding hydrogens is 235 g/mol. The van der Waals surface area contributed by atoms with Crippen LogP contribution in [-0.2, 0) is 6.18 Å². The van der Waals surface area contributed by atoms with Gasteiger partial charge in [-0.15, -0.1) is 0 Å². The summed E-state index contributed by atoms with van der Waals surface area (Å²) in [6, 6.07) is 1.36. The van der Waals surface area contributed by atoms with Crippen molar-refractivity contribution in [3.8, 4) is 11.8 Å². The van der Waals surface area contributed by atoms with Gasteiger partial charge in [-0.1, -0.05) is 0 Å². The van der Waals surface area contributed by atoms with E-state index in [1.165, 1.54) is 6.07 Å². The summed E-state index contributed by atoms with van der Waals surface area (Å²) in [5.74, 6) is -1.01. The zero-order chi connectivity index (χ0) is 12.5. The number of alkyl halides is 5. The van der Waals surface area contributed by atoms with Crippen LogP contribution in [0.3, 0.4) is 0 Å². The minimum atomic E-state index is -5.11. The highest BCUT2D eigenvalue weighted by Crippen LogP contribution is 2.37. The molecule has 16 heavy (non-hydrogen) atoms. The van der Waals surface area contributed by atoms with Crippen LogP contribution in [0.25, 0.3) is 0 Å². The summed E-state index contributed by atoms with van der Waals surface area (Å²) in [5.41, 5.74) is -4.27. The van der Waals surface area contributed by atoms with Crippen LogP contribution in [-0.4, -0.2) is 10.1 Å². The van der Waals surface area contributed by atoms with Crippen molar-refractivity contribution in [3.05, 3.63) is 23.0 Å². The Bertz CT molecular complexity index is 449. The normalized spacial score (nSPS) is 11.6. The van der Waals surface area contributed by atoms with Crippen LogP contribution in [0.15, 0.2) is 6.07 Å². The molecule has 0 saturated carbocycles. The summed E-state index contributed by atoms with van der Waals surface area (Å²) in [6.45, 7) is 0. The van der Waals surface area contributed by atoms with E-state index < -0.39 is 35.3 Å². The van der Waals surface area contributed by atoms with Crippen molar-refractivity contribution in [1.29, 1.82) is 5.26 Å². The highest BCUT2D eigenvalue weighted by molar-refractivity contribution is 5.42. The largest absolute Gasteiger partial charge is 0.505 e. The summed E-state index contributed by atoms with van der Waals surface area (Å²) in [6.07, 6.45) is -8.55. The molecule has 0 spiro atoms. The number of hydrogen-bond acceptors (Lipinski definition) is 3. The minimum Gasteiger partial charge on any atom is -0.505 e. The van der Waals surface area contributed by atoms with Gasteiger partial charge in [-0.05, 0) is 6.07 Å². The maximum atomic E-state index is 12.3. The fourth-order valence-electron chi connectivity index (χ4n) is 0.993. The van der Waals surface area contributed by atoms with Crippen LogP contribution in [0.2, 0.25) is 0 Å². The van der Waals surface area contributed by atoms with Crippen molar-refractivity contribution in [1.82, 2.24) is 4.98 Å². The van der Waals surface area contributed by atoms with Gasteiger partial charge in [-0.2, -0.15) is 18.4 Å². The molecule has 1 N–H and O–H groups in total. The molecule has 0 aliphatic rings. The second kappa shape index (κ2) is 3.92. The van der Waals surface area contributed by atoms with Crippen molar-refractivity contribution < 1.29 is 27.1 Å². The Hall–Kier alpha value is -1.91. The van der Waals surface area contributed by atoms with Crippen LogP contribution in [0, 0.1) is 11.3 Å². The Morgan fingerprint density at radius 2 is 1.94 bits per heavy atom. The van der Waals surface area contributed by atoms with E-state index in [1.807, 2.05) is 0 Å². The predicted molar refractivity (Wildman–Crippen MR) is 40.6 cm³/mol. The molecule has 1 aromatic heterocycles. The summed E-state index contributed by atoms with van der Waals surface area (Å²) in [5, 5.41) is 17.3. The van der Waals surface area contributed by atoms with Crippen LogP contribution in [0.5, 0.6) is 5.75 Å². The van der Waals surface area contributed by atoms with E-state index in [-0.39, 0.29) is 6.07 Å². The first kappa shape index (κ1) is 12.2. The lowest BCUT2D eigenvalue weighted by molar-refractivity contribution is -0.143. The molecule has 0 aliphatic heterocycles. The van der Waals surface area contributed by atoms with Gasteiger partial charge in [-0.25, -0.2) is 13.8 Å². The third-order valence-corrected chi connectivity index (χ3v) is 1.64. The first-order valence-corrected chi connectivity index (χ1v) is 3.76. The average Bonchev–Trinajstić information content (AvgIpc) is 2.15. The number of rotatable bonds is 1. The molecule has 86 valence electrons. The lowest BCUT2D eigenvalue weighted by atomic mass is 10.1. The molecule has 3 nitrogen and oxygen atoms in total. The summed E-state index contributed by atoms with van der Waals surface area (Å²) < 4.78 is 61.3. The molecule has 8 heteroatoms. The van der Waals surface area contributed by atoms with Crippen LogP contribution in [0.4, 0.5) is 22.0 Å². The third kappa shape index (κ3) is 2.18. The maximum absolute atomic E-state index is 12.3. The van der Waals surface area contributed by atoms with Crippen LogP contribution < -0.4 is 0 Å². The Morgan fingerprint density at radius 3 is 2.31 bits per heavy atom. The minimum absolute atomic E-state index is 0.193. The van der Waals surface area contributed by atoms with E-state index in [2.05, 4.69) is 4.98 Å². The predicted octanol–water partition coefficient (Wildman–Crippen LogP) is 2.62. The van der Waals surface area contributed by atoms with Crippen molar-refractivity contribution in [2.75, 3.05) is 0 Å². The first-order chi connectivity index (χ1) is 7.27. The van der Waals surface area contributed by atoms with E-state index in [1.54, 1.807) is 0 Å². The van der Waals surface area contributed by atoms with Crippen molar-refractivity contribution in [2.24, 2.45) is 0 Å². The van der Waals surface area contributed by atoms with Gasteiger partial charge >= 0.3 is 6.18 Å². The Labute approximate surface area is 85.8 Å². The molecule has 0 saturated heterocycles. The second-order valence-corrected chi connectivity index (χ2v) is 2.70. The molecule has 1 heterocycles. The molecule has 0 fully saturated rings. The van der Waals surface area contributed by atoms with Crippen LogP contribution in [0.1, 0.15) is 23.4 Å². The molecule has 0 amide bonds. The highest BCUT2D eigenvalue weighted by atomic mass is 19.4. The Morgan fingerprint density at radius 1 is 1.38 bits per heavy atom. The van der Waals surface area contributed by atoms with Crippen molar-refractivity contribution in [2.45, 2.75) is 12.6 Å². The first-order valence-electron chi connectivity index (χ1n) is 3.76. The van der Waals surface area contributed by atoms with Gasteiger partial charge in [-0.3, -0.25) is 0 Å². The number of aromatic hydroxyl groups is 1. The fourth-order valence-corrected chi connectivity index (χ4v) is 0.993. The molecule has 0 bridgehead atoms. The second-order valence-electron chi connectivity index (χ2n) is 2.70. The number of nitriles is 1. The smallest absolute Gasteiger partial charge is 0.433 e. The van der Waals surface area contributed by atoms with Gasteiger partial charge in [0.15, 0.2) is 17.1 Å². The number of nitrogens with zero attached hydrogens (tertiary/aromatic N) is 2. The van der Waals surface area contributed by atoms with Gasteiger partial charge < -0.3 is 5.11 Å². The standard InChI is InChI=1S/C8H3F5N2O/c9-7(10)3-1-5(16)4(2-14)15-6(3)8(11,12)13/h1,7,16H. The monoisotopic (exact) mass is 238 g/mol. The molecule has 0 atom stereocenters. The zero-order valence-electron chi connectivity index (χ0n) is 7.39. The van der Waals surface area contributed by atoms with E-state index >= 15 is 0 Å². The molecule has 0 radical (unpaired) electrons. The molecule has 1 aromatic rings. The number of halogens is 5. The lowest BCUT2D eigenvalue weighted by Crippen LogP contribution is -2.13. The molecule has 1 rings (SSSR count). The fraction of sp³-hybridized carbons (Fsp3) is 0.250. The summed E-state index contributed by atoms with van der Waals surface area (Å²) >= 11 is 0. The Balaban J connectivity index is 3.51. The maximum Gasteiger partial charge on any atom is 0.433 e. The third-order valence-electron chi connectivity index (χ3n) is 1.64. The summed E-state index contributed by atoms with van der Waals surface area (Å²) in [7, 11) is 0. The van der Waals surface area contributed by atoms with E-state index in [0.29, 0.717) is 0 Å². The highest BCUT2D eigenvalue weighted by Gasteiger charge is 2.38. The average molecular weight is 238 g/mol. The van der Waals surface area contributed by atoms with E-state index in [4.69, 9.17) is 10.4 Å². The van der Waals surface area contributed by atoms with E-state index in [9.17, 15) is 22.0 Å². The number of aromatic nitrogens is 1. The van der Waals surface area contributed by atoms with Crippen molar-refractivity contribution in [3.63, 3.8) is 0 Å². The lowest BCUT2D eigenvalue weighted by Gasteiger charge is -2.11. The molecule has 0 aromatic carbocycles. The number of hydrogen-bond donors (Lipinski definition) is 1. The number of pyridine rings is 1. The van der Waals surface area contributed by atoms with Gasteiger partial charge in [0.25, 0.3) is 6.43 Å².